The van der Waals surface area contributed by atoms with Gasteiger partial charge < -0.3 is 5.73 Å². The summed E-state index contributed by atoms with van der Waals surface area (Å²) in [6, 6.07) is 6.77. The summed E-state index contributed by atoms with van der Waals surface area (Å²) in [4.78, 5) is 0. The van der Waals surface area contributed by atoms with Crippen LogP contribution in [0.15, 0.2) is 30.3 Å². The largest absolute Gasteiger partial charge is 0.327 e. The first-order valence-corrected chi connectivity index (χ1v) is 4.43. The molecule has 0 fully saturated rings. The Morgan fingerprint density at radius 1 is 1.46 bits per heavy atom. The molecule has 0 aliphatic carbocycles. The van der Waals surface area contributed by atoms with Crippen LogP contribution >= 0.6 is 0 Å². The first kappa shape index (κ1) is 9.93. The lowest BCUT2D eigenvalue weighted by molar-refractivity contribution is 0.623. The van der Waals surface area contributed by atoms with E-state index in [1.807, 2.05) is 19.1 Å². The van der Waals surface area contributed by atoms with Crippen molar-refractivity contribution in [2.45, 2.75) is 13.3 Å². The number of rotatable bonds is 3. The number of halogens is 1. The van der Waals surface area contributed by atoms with E-state index >= 15 is 0 Å². The van der Waals surface area contributed by atoms with E-state index in [9.17, 15) is 4.39 Å². The van der Waals surface area contributed by atoms with Gasteiger partial charge in [0.2, 0.25) is 0 Å². The number of allylic oxidation sites excluding steroid dienone is 1. The Hall–Kier alpha value is -1.15. The van der Waals surface area contributed by atoms with Crippen molar-refractivity contribution in [2.75, 3.05) is 6.54 Å². The Labute approximate surface area is 78.1 Å². The van der Waals surface area contributed by atoms with E-state index in [-0.39, 0.29) is 5.82 Å². The van der Waals surface area contributed by atoms with Crippen LogP contribution in [0.3, 0.4) is 0 Å². The quantitative estimate of drug-likeness (QED) is 0.758. The molecule has 1 nitrogen and oxygen atoms in total. The third-order valence-corrected chi connectivity index (χ3v) is 1.96. The highest BCUT2D eigenvalue weighted by molar-refractivity contribution is 5.65. The normalized spacial score (nSPS) is 11.8. The fourth-order valence-electron chi connectivity index (χ4n) is 1.31. The zero-order valence-corrected chi connectivity index (χ0v) is 7.76. The van der Waals surface area contributed by atoms with Gasteiger partial charge in [-0.3, -0.25) is 0 Å². The molecular formula is C11H14FN. The van der Waals surface area contributed by atoms with Gasteiger partial charge in [0.1, 0.15) is 5.82 Å². The lowest BCUT2D eigenvalue weighted by atomic mass is 10.0. The molecule has 0 heterocycles. The Morgan fingerprint density at radius 2 is 2.15 bits per heavy atom. The molecule has 13 heavy (non-hydrogen) atoms. The maximum Gasteiger partial charge on any atom is 0.130 e. The third-order valence-electron chi connectivity index (χ3n) is 1.96. The van der Waals surface area contributed by atoms with Crippen molar-refractivity contribution in [1.29, 1.82) is 0 Å². The van der Waals surface area contributed by atoms with Crippen LogP contribution in [0.5, 0.6) is 0 Å². The molecule has 2 heteroatoms. The predicted molar refractivity (Wildman–Crippen MR) is 53.7 cm³/mol. The van der Waals surface area contributed by atoms with Crippen LogP contribution in [0, 0.1) is 5.82 Å². The molecular weight excluding hydrogens is 165 g/mol. The lowest BCUT2D eigenvalue weighted by Gasteiger charge is -2.05. The second kappa shape index (κ2) is 4.77. The standard InChI is InChI=1S/C11H14FN/c1-2-9(7-8-13)10-5-3-4-6-11(10)12/h3-7H,2,8,13H2,1H3/b9-7-. The smallest absolute Gasteiger partial charge is 0.130 e. The summed E-state index contributed by atoms with van der Waals surface area (Å²) in [6.45, 7) is 2.45. The van der Waals surface area contributed by atoms with Gasteiger partial charge in [0.25, 0.3) is 0 Å². The predicted octanol–water partition coefficient (Wildman–Crippen LogP) is 2.58. The second-order valence-corrected chi connectivity index (χ2v) is 2.80. The van der Waals surface area contributed by atoms with Crippen molar-refractivity contribution >= 4 is 5.57 Å². The molecule has 0 aliphatic rings. The van der Waals surface area contributed by atoms with Crippen LogP contribution in [0.1, 0.15) is 18.9 Å². The summed E-state index contributed by atoms with van der Waals surface area (Å²) in [5.74, 6) is -0.177. The van der Waals surface area contributed by atoms with Gasteiger partial charge in [-0.15, -0.1) is 0 Å². The molecule has 0 amide bonds. The molecule has 0 aliphatic heterocycles. The van der Waals surface area contributed by atoms with Crippen molar-refractivity contribution in [3.63, 3.8) is 0 Å². The SMILES string of the molecule is CC/C(=C/CN)c1ccccc1F. The Balaban J connectivity index is 3.05. The van der Waals surface area contributed by atoms with E-state index in [1.165, 1.54) is 6.07 Å². The monoisotopic (exact) mass is 179 g/mol. The van der Waals surface area contributed by atoms with E-state index in [2.05, 4.69) is 0 Å². The van der Waals surface area contributed by atoms with Gasteiger partial charge >= 0.3 is 0 Å². The van der Waals surface area contributed by atoms with E-state index in [4.69, 9.17) is 5.73 Å². The number of nitrogens with two attached hydrogens (primary N) is 1. The molecule has 0 bridgehead atoms. The molecule has 2 N–H and O–H groups in total. The highest BCUT2D eigenvalue weighted by Crippen LogP contribution is 2.20. The average Bonchev–Trinajstić information content (AvgIpc) is 2.16. The van der Waals surface area contributed by atoms with Crippen LogP contribution in [0.4, 0.5) is 4.39 Å². The van der Waals surface area contributed by atoms with Crippen molar-refractivity contribution in [2.24, 2.45) is 5.73 Å². The summed E-state index contributed by atoms with van der Waals surface area (Å²) in [5, 5.41) is 0. The average molecular weight is 179 g/mol. The zero-order valence-electron chi connectivity index (χ0n) is 7.76. The molecule has 0 unspecified atom stereocenters. The molecule has 0 saturated carbocycles. The number of hydrogen-bond acceptors (Lipinski definition) is 1. The van der Waals surface area contributed by atoms with Gasteiger partial charge in [-0.2, -0.15) is 0 Å². The Kier molecular flexibility index (Phi) is 3.65. The van der Waals surface area contributed by atoms with Gasteiger partial charge in [0, 0.05) is 12.1 Å². The van der Waals surface area contributed by atoms with Crippen LogP contribution in [0.2, 0.25) is 0 Å². The first-order chi connectivity index (χ1) is 6.29. The van der Waals surface area contributed by atoms with Crippen molar-refractivity contribution in [1.82, 2.24) is 0 Å². The van der Waals surface area contributed by atoms with Crippen LogP contribution < -0.4 is 5.73 Å². The molecule has 1 rings (SSSR count). The molecule has 0 radical (unpaired) electrons. The van der Waals surface area contributed by atoms with Gasteiger partial charge in [0.15, 0.2) is 0 Å². The van der Waals surface area contributed by atoms with Crippen molar-refractivity contribution in [3.8, 4) is 0 Å². The van der Waals surface area contributed by atoms with Gasteiger partial charge in [0.05, 0.1) is 0 Å². The fraction of sp³-hybridized carbons (Fsp3) is 0.273. The van der Waals surface area contributed by atoms with Gasteiger partial charge in [-0.1, -0.05) is 31.2 Å². The Morgan fingerprint density at radius 3 is 2.69 bits per heavy atom. The minimum absolute atomic E-state index is 0.177. The van der Waals surface area contributed by atoms with Crippen molar-refractivity contribution < 1.29 is 4.39 Å². The molecule has 1 aromatic carbocycles. The van der Waals surface area contributed by atoms with Gasteiger partial charge in [-0.05, 0) is 18.1 Å². The fourth-order valence-corrected chi connectivity index (χ4v) is 1.31. The van der Waals surface area contributed by atoms with Gasteiger partial charge in [-0.25, -0.2) is 4.39 Å². The van der Waals surface area contributed by atoms with E-state index in [0.717, 1.165) is 12.0 Å². The summed E-state index contributed by atoms with van der Waals surface area (Å²) >= 11 is 0. The third kappa shape index (κ3) is 2.39. The highest BCUT2D eigenvalue weighted by Gasteiger charge is 2.03. The second-order valence-electron chi connectivity index (χ2n) is 2.80. The molecule has 0 saturated heterocycles. The zero-order chi connectivity index (χ0) is 9.68. The molecule has 1 aromatic rings. The summed E-state index contributed by atoms with van der Waals surface area (Å²) in [7, 11) is 0. The van der Waals surface area contributed by atoms with Crippen LogP contribution in [-0.2, 0) is 0 Å². The molecule has 0 spiro atoms. The summed E-state index contributed by atoms with van der Waals surface area (Å²) in [5.41, 5.74) is 7.03. The number of hydrogen-bond donors (Lipinski definition) is 1. The minimum Gasteiger partial charge on any atom is -0.327 e. The van der Waals surface area contributed by atoms with E-state index < -0.39 is 0 Å². The topological polar surface area (TPSA) is 26.0 Å². The molecule has 0 atom stereocenters. The summed E-state index contributed by atoms with van der Waals surface area (Å²) in [6.07, 6.45) is 2.66. The Bertz CT molecular complexity index is 305. The molecule has 70 valence electrons. The summed E-state index contributed by atoms with van der Waals surface area (Å²) < 4.78 is 13.3. The van der Waals surface area contributed by atoms with E-state index in [1.54, 1.807) is 12.1 Å². The maximum atomic E-state index is 13.3. The lowest BCUT2D eigenvalue weighted by Crippen LogP contribution is -1.96. The molecule has 0 aromatic heterocycles. The maximum absolute atomic E-state index is 13.3. The highest BCUT2D eigenvalue weighted by atomic mass is 19.1. The van der Waals surface area contributed by atoms with Crippen LogP contribution in [0.25, 0.3) is 5.57 Å². The minimum atomic E-state index is -0.177. The van der Waals surface area contributed by atoms with E-state index in [0.29, 0.717) is 12.1 Å². The first-order valence-electron chi connectivity index (χ1n) is 4.43. The van der Waals surface area contributed by atoms with Crippen LogP contribution in [-0.4, -0.2) is 6.54 Å². The number of benzene rings is 1. The van der Waals surface area contributed by atoms with Crippen molar-refractivity contribution in [3.05, 3.63) is 41.7 Å².